The lowest BCUT2D eigenvalue weighted by atomic mass is 10.1. The van der Waals surface area contributed by atoms with Crippen molar-refractivity contribution in [1.82, 2.24) is 0 Å². The number of nitrogens with one attached hydrogen (secondary N) is 1. The second-order valence-electron chi connectivity index (χ2n) is 3.59. The molecule has 0 fully saturated rings. The average Bonchev–Trinajstić information content (AvgIpc) is 2.40. The molecular weight excluding hydrogens is 212 g/mol. The van der Waals surface area contributed by atoms with Gasteiger partial charge in [-0.3, -0.25) is 4.79 Å². The third-order valence-corrected chi connectivity index (χ3v) is 2.43. The number of amides is 1. The molecule has 1 amide bonds. The fourth-order valence-corrected chi connectivity index (χ4v) is 1.54. The highest BCUT2D eigenvalue weighted by Gasteiger charge is 2.07. The quantitative estimate of drug-likeness (QED) is 0.841. The zero-order valence-corrected chi connectivity index (χ0v) is 9.31. The molecule has 0 unspecified atom stereocenters. The predicted octanol–water partition coefficient (Wildman–Crippen LogP) is 2.20. The minimum Gasteiger partial charge on any atom is -0.326 e. The number of carbonyl (C=O) groups excluding carboxylic acids is 1. The monoisotopic (exact) mass is 225 g/mol. The van der Waals surface area contributed by atoms with E-state index in [-0.39, 0.29) is 5.91 Å². The van der Waals surface area contributed by atoms with E-state index in [1.807, 2.05) is 30.3 Å². The molecule has 0 aliphatic heterocycles. The van der Waals surface area contributed by atoms with Crippen LogP contribution < -0.4 is 11.1 Å². The van der Waals surface area contributed by atoms with E-state index in [4.69, 9.17) is 5.73 Å². The summed E-state index contributed by atoms with van der Waals surface area (Å²) >= 11 is 0. The van der Waals surface area contributed by atoms with E-state index < -0.39 is 0 Å². The van der Waals surface area contributed by atoms with Crippen molar-refractivity contribution in [2.75, 3.05) is 5.32 Å². The Bertz CT molecular complexity index is 509. The van der Waals surface area contributed by atoms with Crippen molar-refractivity contribution in [2.45, 2.75) is 6.54 Å². The van der Waals surface area contributed by atoms with Crippen LogP contribution in [-0.2, 0) is 6.54 Å². The summed E-state index contributed by atoms with van der Waals surface area (Å²) in [7, 11) is 0. The van der Waals surface area contributed by atoms with E-state index in [0.717, 1.165) is 5.56 Å². The first-order valence-corrected chi connectivity index (χ1v) is 5.37. The summed E-state index contributed by atoms with van der Waals surface area (Å²) in [6.45, 7) is 0.352. The highest BCUT2D eigenvalue weighted by Crippen LogP contribution is 2.14. The van der Waals surface area contributed by atoms with Crippen molar-refractivity contribution < 1.29 is 4.79 Å². The van der Waals surface area contributed by atoms with Crippen LogP contribution in [0.25, 0.3) is 0 Å². The average molecular weight is 225 g/mol. The van der Waals surface area contributed by atoms with Gasteiger partial charge in [0.25, 0.3) is 5.91 Å². The maximum atomic E-state index is 11.9. The van der Waals surface area contributed by atoms with Crippen LogP contribution >= 0.6 is 0 Å². The number of hydrogen-bond donors (Lipinski definition) is 2. The predicted molar refractivity (Wildman–Crippen MR) is 67.6 cm³/mol. The maximum absolute atomic E-state index is 11.9. The molecule has 0 spiro atoms. The molecule has 3 N–H and O–H groups in total. The minimum absolute atomic E-state index is 0.139. The highest BCUT2D eigenvalue weighted by atomic mass is 16.1. The fraction of sp³-hybridized carbons (Fsp3) is 0.0714. The van der Waals surface area contributed by atoms with Gasteiger partial charge in [0.2, 0.25) is 0 Å². The lowest BCUT2D eigenvalue weighted by Gasteiger charge is -2.08. The summed E-state index contributed by atoms with van der Waals surface area (Å²) in [4.78, 5) is 11.9. The summed E-state index contributed by atoms with van der Waals surface area (Å²) in [6, 6.07) is 17.5. The molecule has 0 heterocycles. The van der Waals surface area contributed by atoms with Gasteiger partial charge in [0.1, 0.15) is 0 Å². The third-order valence-electron chi connectivity index (χ3n) is 2.43. The molecule has 3 nitrogen and oxygen atoms in total. The Kier molecular flexibility index (Phi) is 3.52. The summed E-state index contributed by atoms with van der Waals surface area (Å²) in [6.07, 6.45) is 0. The smallest absolute Gasteiger partial charge is 0.255 e. The van der Waals surface area contributed by atoms with Crippen LogP contribution in [0, 0.1) is 6.07 Å². The summed E-state index contributed by atoms with van der Waals surface area (Å²) in [5, 5.41) is 2.83. The van der Waals surface area contributed by atoms with Gasteiger partial charge in [0, 0.05) is 17.8 Å². The van der Waals surface area contributed by atoms with E-state index in [9.17, 15) is 4.79 Å². The molecule has 0 bridgehead atoms. The molecule has 85 valence electrons. The van der Waals surface area contributed by atoms with Gasteiger partial charge in [-0.2, -0.15) is 0 Å². The minimum atomic E-state index is -0.139. The van der Waals surface area contributed by atoms with Crippen LogP contribution in [0.15, 0.2) is 48.5 Å². The van der Waals surface area contributed by atoms with Crippen molar-refractivity contribution >= 4 is 11.6 Å². The molecule has 0 saturated carbocycles. The SMILES string of the molecule is NCc1[c]cccc1NC(=O)c1ccccc1. The first kappa shape index (κ1) is 11.4. The van der Waals surface area contributed by atoms with Gasteiger partial charge in [-0.05, 0) is 29.8 Å². The molecule has 2 aromatic rings. The normalized spacial score (nSPS) is 9.94. The Morgan fingerprint density at radius 3 is 2.65 bits per heavy atom. The number of anilines is 1. The molecule has 3 heteroatoms. The standard InChI is InChI=1S/C14H13N2O/c15-10-12-8-4-5-9-13(12)16-14(17)11-6-2-1-3-7-11/h1-7,9H,10,15H2,(H,16,17). The van der Waals surface area contributed by atoms with Gasteiger partial charge in [0.05, 0.1) is 0 Å². The molecule has 17 heavy (non-hydrogen) atoms. The first-order valence-electron chi connectivity index (χ1n) is 5.37. The Labute approximate surface area is 100 Å². The van der Waals surface area contributed by atoms with E-state index in [0.29, 0.717) is 17.8 Å². The van der Waals surface area contributed by atoms with Gasteiger partial charge in [-0.1, -0.05) is 30.3 Å². The van der Waals surface area contributed by atoms with Crippen LogP contribution in [-0.4, -0.2) is 5.91 Å². The molecule has 0 saturated heterocycles. The van der Waals surface area contributed by atoms with E-state index >= 15 is 0 Å². The molecule has 2 aromatic carbocycles. The number of nitrogens with two attached hydrogens (primary N) is 1. The Morgan fingerprint density at radius 1 is 1.18 bits per heavy atom. The number of carbonyl (C=O) groups is 1. The highest BCUT2D eigenvalue weighted by molar-refractivity contribution is 6.04. The van der Waals surface area contributed by atoms with Crippen molar-refractivity contribution in [3.63, 3.8) is 0 Å². The van der Waals surface area contributed by atoms with E-state index in [1.165, 1.54) is 0 Å². The molecule has 0 aliphatic rings. The molecule has 1 radical (unpaired) electrons. The first-order chi connectivity index (χ1) is 8.31. The number of hydrogen-bond acceptors (Lipinski definition) is 2. The second kappa shape index (κ2) is 5.27. The van der Waals surface area contributed by atoms with Crippen LogP contribution in [0.5, 0.6) is 0 Å². The Hall–Kier alpha value is -2.13. The van der Waals surface area contributed by atoms with Crippen molar-refractivity contribution in [1.29, 1.82) is 0 Å². The van der Waals surface area contributed by atoms with Crippen LogP contribution in [0.1, 0.15) is 15.9 Å². The van der Waals surface area contributed by atoms with Crippen molar-refractivity contribution in [3.05, 3.63) is 65.7 Å². The van der Waals surface area contributed by atoms with Crippen molar-refractivity contribution in [3.8, 4) is 0 Å². The lowest BCUT2D eigenvalue weighted by molar-refractivity contribution is 0.102. The van der Waals surface area contributed by atoms with E-state index in [2.05, 4.69) is 11.4 Å². The molecule has 0 atom stereocenters. The third kappa shape index (κ3) is 2.71. The summed E-state index contributed by atoms with van der Waals surface area (Å²) in [5.74, 6) is -0.139. The Balaban J connectivity index is 2.19. The number of rotatable bonds is 3. The summed E-state index contributed by atoms with van der Waals surface area (Å²) < 4.78 is 0. The zero-order chi connectivity index (χ0) is 12.1. The fourth-order valence-electron chi connectivity index (χ4n) is 1.54. The van der Waals surface area contributed by atoms with Crippen molar-refractivity contribution in [2.24, 2.45) is 5.73 Å². The van der Waals surface area contributed by atoms with Gasteiger partial charge >= 0.3 is 0 Å². The Morgan fingerprint density at radius 2 is 1.94 bits per heavy atom. The zero-order valence-electron chi connectivity index (χ0n) is 9.31. The molecule has 0 aliphatic carbocycles. The molecular formula is C14H13N2O. The largest absolute Gasteiger partial charge is 0.326 e. The maximum Gasteiger partial charge on any atom is 0.255 e. The van der Waals surface area contributed by atoms with Gasteiger partial charge in [-0.25, -0.2) is 0 Å². The molecule has 0 aromatic heterocycles. The van der Waals surface area contributed by atoms with Gasteiger partial charge in [0.15, 0.2) is 0 Å². The number of benzene rings is 2. The van der Waals surface area contributed by atoms with Crippen LogP contribution in [0.3, 0.4) is 0 Å². The van der Waals surface area contributed by atoms with Gasteiger partial charge in [-0.15, -0.1) is 0 Å². The second-order valence-corrected chi connectivity index (χ2v) is 3.59. The van der Waals surface area contributed by atoms with Crippen LogP contribution in [0.4, 0.5) is 5.69 Å². The lowest BCUT2D eigenvalue weighted by Crippen LogP contribution is -2.14. The van der Waals surface area contributed by atoms with Crippen LogP contribution in [0.2, 0.25) is 0 Å². The topological polar surface area (TPSA) is 55.1 Å². The summed E-state index contributed by atoms with van der Waals surface area (Å²) in [5.41, 5.74) is 7.72. The van der Waals surface area contributed by atoms with Gasteiger partial charge < -0.3 is 11.1 Å². The molecule has 2 rings (SSSR count). The van der Waals surface area contributed by atoms with E-state index in [1.54, 1.807) is 18.2 Å².